The molecule has 2 heterocycles. The summed E-state index contributed by atoms with van der Waals surface area (Å²) in [5.41, 5.74) is 1.21. The third kappa shape index (κ3) is 2.35. The van der Waals surface area contributed by atoms with Crippen LogP contribution in [0.4, 0.5) is 0 Å². The van der Waals surface area contributed by atoms with E-state index in [0.29, 0.717) is 27.3 Å². The highest BCUT2D eigenvalue weighted by Gasteiger charge is 2.34. The van der Waals surface area contributed by atoms with E-state index < -0.39 is 0 Å². The lowest BCUT2D eigenvalue weighted by atomic mass is 10.1. The number of carbonyl (C=O) groups excluding carboxylic acids is 1. The summed E-state index contributed by atoms with van der Waals surface area (Å²) in [6, 6.07) is 5.23. The minimum atomic E-state index is -0.230. The Balaban J connectivity index is 2.11. The summed E-state index contributed by atoms with van der Waals surface area (Å²) < 4.78 is 16.8. The first kappa shape index (κ1) is 14.6. The normalized spacial score (nSPS) is 14.7. The summed E-state index contributed by atoms with van der Waals surface area (Å²) in [5, 5.41) is 0. The second-order valence-electron chi connectivity index (χ2n) is 4.52. The van der Waals surface area contributed by atoms with Crippen molar-refractivity contribution < 1.29 is 19.0 Å². The van der Waals surface area contributed by atoms with E-state index >= 15 is 0 Å². The average Bonchev–Trinajstić information content (AvgIpc) is 2.87. The van der Waals surface area contributed by atoms with Crippen molar-refractivity contribution in [3.63, 3.8) is 0 Å². The van der Waals surface area contributed by atoms with E-state index in [2.05, 4.69) is 20.9 Å². The van der Waals surface area contributed by atoms with E-state index in [-0.39, 0.29) is 11.5 Å². The maximum atomic E-state index is 12.6. The number of carbonyl (C=O) groups is 1. The predicted octanol–water partition coefficient (Wildman–Crippen LogP) is 3.48. The second kappa shape index (κ2) is 5.81. The van der Waals surface area contributed by atoms with Crippen molar-refractivity contribution in [2.75, 3.05) is 14.2 Å². The maximum absolute atomic E-state index is 12.6. The molecular formula is C16H12BrNO4. The number of ketones is 1. The molecular weight excluding hydrogens is 350 g/mol. The molecule has 0 radical (unpaired) electrons. The van der Waals surface area contributed by atoms with Gasteiger partial charge in [-0.05, 0) is 39.7 Å². The van der Waals surface area contributed by atoms with Gasteiger partial charge in [-0.15, -0.1) is 0 Å². The van der Waals surface area contributed by atoms with E-state index in [1.807, 2.05) is 0 Å². The Morgan fingerprint density at radius 3 is 2.50 bits per heavy atom. The molecule has 0 saturated carbocycles. The van der Waals surface area contributed by atoms with Gasteiger partial charge in [0.25, 0.3) is 0 Å². The lowest BCUT2D eigenvalue weighted by Gasteiger charge is -2.10. The van der Waals surface area contributed by atoms with Gasteiger partial charge in [-0.2, -0.15) is 0 Å². The summed E-state index contributed by atoms with van der Waals surface area (Å²) in [7, 11) is 3.04. The molecule has 3 rings (SSSR count). The van der Waals surface area contributed by atoms with Crippen molar-refractivity contribution in [2.24, 2.45) is 0 Å². The number of pyridine rings is 1. The molecule has 1 aliphatic heterocycles. The van der Waals surface area contributed by atoms with Crippen molar-refractivity contribution in [3.05, 3.63) is 52.0 Å². The maximum Gasteiger partial charge on any atom is 0.235 e. The van der Waals surface area contributed by atoms with Gasteiger partial charge in [0.05, 0.1) is 14.2 Å². The lowest BCUT2D eigenvalue weighted by Crippen LogP contribution is -2.00. The predicted molar refractivity (Wildman–Crippen MR) is 84.4 cm³/mol. The molecule has 0 amide bonds. The Bertz CT molecular complexity index is 771. The van der Waals surface area contributed by atoms with Gasteiger partial charge in [-0.3, -0.25) is 9.78 Å². The topological polar surface area (TPSA) is 57.6 Å². The minimum absolute atomic E-state index is 0.230. The molecule has 2 aromatic rings. The Morgan fingerprint density at radius 2 is 1.86 bits per heavy atom. The molecule has 0 bridgehead atoms. The smallest absolute Gasteiger partial charge is 0.235 e. The second-order valence-corrected chi connectivity index (χ2v) is 5.31. The van der Waals surface area contributed by atoms with Gasteiger partial charge in [-0.25, -0.2) is 0 Å². The largest absolute Gasteiger partial charge is 0.496 e. The number of hydrogen-bond acceptors (Lipinski definition) is 5. The van der Waals surface area contributed by atoms with E-state index in [9.17, 15) is 4.79 Å². The van der Waals surface area contributed by atoms with Gasteiger partial charge >= 0.3 is 0 Å². The number of aromatic nitrogens is 1. The summed E-state index contributed by atoms with van der Waals surface area (Å²) in [6.07, 6.45) is 4.97. The van der Waals surface area contributed by atoms with Gasteiger partial charge < -0.3 is 14.2 Å². The van der Waals surface area contributed by atoms with Crippen LogP contribution < -0.4 is 14.2 Å². The third-order valence-electron chi connectivity index (χ3n) is 3.26. The fourth-order valence-electron chi connectivity index (χ4n) is 2.19. The van der Waals surface area contributed by atoms with E-state index in [0.717, 1.165) is 5.56 Å². The van der Waals surface area contributed by atoms with Gasteiger partial charge in [0.15, 0.2) is 11.5 Å². The monoisotopic (exact) mass is 361 g/mol. The number of Topliss-reactive ketones (excluding diaryl/α,β-unsaturated/α-hetero) is 1. The molecule has 5 nitrogen and oxygen atoms in total. The van der Waals surface area contributed by atoms with Crippen molar-refractivity contribution in [3.8, 4) is 17.2 Å². The highest BCUT2D eigenvalue weighted by Crippen LogP contribution is 2.48. The minimum Gasteiger partial charge on any atom is -0.496 e. The number of hydrogen-bond donors (Lipinski definition) is 0. The number of nitrogens with zero attached hydrogens (tertiary/aromatic N) is 1. The third-order valence-corrected chi connectivity index (χ3v) is 4.01. The van der Waals surface area contributed by atoms with Crippen LogP contribution in [-0.4, -0.2) is 25.0 Å². The van der Waals surface area contributed by atoms with Crippen LogP contribution in [0.1, 0.15) is 15.9 Å². The number of methoxy groups -OCH3 is 2. The SMILES string of the molecule is COc1cc(OC)c2c(c1Br)OC(=Cc1ccncc1)C2=O. The molecule has 0 spiro atoms. The van der Waals surface area contributed by atoms with Crippen molar-refractivity contribution in [1.82, 2.24) is 4.98 Å². The summed E-state index contributed by atoms with van der Waals surface area (Å²) in [5.74, 6) is 1.36. The molecule has 1 aromatic heterocycles. The molecule has 1 aliphatic rings. The van der Waals surface area contributed by atoms with Crippen molar-refractivity contribution >= 4 is 27.8 Å². The molecule has 112 valence electrons. The van der Waals surface area contributed by atoms with Crippen LogP contribution in [-0.2, 0) is 0 Å². The van der Waals surface area contributed by atoms with Gasteiger partial charge in [0.2, 0.25) is 5.78 Å². The number of ether oxygens (including phenoxy) is 3. The van der Waals surface area contributed by atoms with Crippen LogP contribution in [0.25, 0.3) is 6.08 Å². The number of allylic oxidation sites excluding steroid dienone is 1. The molecule has 0 saturated heterocycles. The van der Waals surface area contributed by atoms with Gasteiger partial charge in [-0.1, -0.05) is 0 Å². The molecule has 22 heavy (non-hydrogen) atoms. The standard InChI is InChI=1S/C16H12BrNO4/c1-20-10-8-11(21-2)14(17)16-13(10)15(19)12(22-16)7-9-3-5-18-6-4-9/h3-8H,1-2H3. The average molecular weight is 362 g/mol. The Hall–Kier alpha value is -2.34. The van der Waals surface area contributed by atoms with E-state index in [1.54, 1.807) is 36.7 Å². The van der Waals surface area contributed by atoms with Crippen LogP contribution in [0, 0.1) is 0 Å². The number of halogens is 1. The molecule has 0 N–H and O–H groups in total. The van der Waals surface area contributed by atoms with E-state index in [4.69, 9.17) is 14.2 Å². The zero-order valence-electron chi connectivity index (χ0n) is 11.9. The first-order valence-corrected chi connectivity index (χ1v) is 7.23. The first-order chi connectivity index (χ1) is 10.7. The molecule has 0 unspecified atom stereocenters. The number of fused-ring (bicyclic) bond motifs is 1. The lowest BCUT2D eigenvalue weighted by molar-refractivity contribution is 0.101. The first-order valence-electron chi connectivity index (χ1n) is 6.44. The quantitative estimate of drug-likeness (QED) is 0.783. The fraction of sp³-hybridized carbons (Fsp3) is 0.125. The van der Waals surface area contributed by atoms with Crippen LogP contribution in [0.2, 0.25) is 0 Å². The van der Waals surface area contributed by atoms with E-state index in [1.165, 1.54) is 14.2 Å². The van der Waals surface area contributed by atoms with Crippen LogP contribution in [0.3, 0.4) is 0 Å². The molecule has 0 fully saturated rings. The Kier molecular flexibility index (Phi) is 3.85. The molecule has 6 heteroatoms. The van der Waals surface area contributed by atoms with Crippen LogP contribution in [0.5, 0.6) is 17.2 Å². The zero-order chi connectivity index (χ0) is 15.7. The summed E-state index contributed by atoms with van der Waals surface area (Å²) in [6.45, 7) is 0. The van der Waals surface area contributed by atoms with Gasteiger partial charge in [0.1, 0.15) is 21.5 Å². The van der Waals surface area contributed by atoms with Crippen LogP contribution in [0.15, 0.2) is 40.8 Å². The summed E-state index contributed by atoms with van der Waals surface area (Å²) in [4.78, 5) is 16.5. The van der Waals surface area contributed by atoms with Crippen LogP contribution >= 0.6 is 15.9 Å². The number of rotatable bonds is 3. The van der Waals surface area contributed by atoms with Gasteiger partial charge in [0, 0.05) is 18.5 Å². The highest BCUT2D eigenvalue weighted by molar-refractivity contribution is 9.10. The zero-order valence-corrected chi connectivity index (χ0v) is 13.5. The molecule has 0 aliphatic carbocycles. The van der Waals surface area contributed by atoms with Crippen molar-refractivity contribution in [1.29, 1.82) is 0 Å². The Morgan fingerprint density at radius 1 is 1.18 bits per heavy atom. The highest BCUT2D eigenvalue weighted by atomic mass is 79.9. The van der Waals surface area contributed by atoms with Crippen molar-refractivity contribution in [2.45, 2.75) is 0 Å². The molecule has 0 atom stereocenters. The summed E-state index contributed by atoms with van der Waals surface area (Å²) >= 11 is 3.40. The Labute approximate surface area is 135 Å². The molecule has 1 aromatic carbocycles. The fourth-order valence-corrected chi connectivity index (χ4v) is 2.75. The number of benzene rings is 1.